The molecule has 0 amide bonds. The second kappa shape index (κ2) is 4.99. The first kappa shape index (κ1) is 12.5. The Morgan fingerprint density at radius 1 is 1.31 bits per heavy atom. The molecule has 1 aromatic carbocycles. The summed E-state index contributed by atoms with van der Waals surface area (Å²) in [7, 11) is 1.50. The van der Waals surface area contributed by atoms with Crippen LogP contribution in [0.1, 0.15) is 27.0 Å². The minimum absolute atomic E-state index is 0.0453. The van der Waals surface area contributed by atoms with E-state index in [1.165, 1.54) is 7.11 Å². The second-order valence-corrected chi connectivity index (χ2v) is 3.70. The normalized spacial score (nSPS) is 10.2. The number of carbonyl (C=O) groups is 1. The molecule has 88 valence electrons. The molecule has 0 unspecified atom stereocenters. The molecular formula is C12H16O4. The number of benzene rings is 1. The van der Waals surface area contributed by atoms with E-state index in [2.05, 4.69) is 0 Å². The lowest BCUT2D eigenvalue weighted by atomic mass is 9.98. The Kier molecular flexibility index (Phi) is 3.90. The summed E-state index contributed by atoms with van der Waals surface area (Å²) in [6.07, 6.45) is 0. The van der Waals surface area contributed by atoms with Gasteiger partial charge in [0.05, 0.1) is 0 Å². The summed E-state index contributed by atoms with van der Waals surface area (Å²) in [5.41, 5.74) is 2.69. The van der Waals surface area contributed by atoms with Crippen molar-refractivity contribution in [3.05, 3.63) is 28.3 Å². The van der Waals surface area contributed by atoms with Crippen LogP contribution in [0.15, 0.2) is 6.07 Å². The van der Waals surface area contributed by atoms with Crippen LogP contribution in [0.25, 0.3) is 0 Å². The van der Waals surface area contributed by atoms with Crippen LogP contribution in [0.5, 0.6) is 5.75 Å². The summed E-state index contributed by atoms with van der Waals surface area (Å²) in [5.74, 6) is -0.590. The van der Waals surface area contributed by atoms with Gasteiger partial charge in [-0.15, -0.1) is 0 Å². The minimum atomic E-state index is -0.976. The van der Waals surface area contributed by atoms with Gasteiger partial charge in [0, 0.05) is 7.11 Å². The van der Waals surface area contributed by atoms with Gasteiger partial charge in [0.25, 0.3) is 0 Å². The average Bonchev–Trinajstić information content (AvgIpc) is 2.20. The van der Waals surface area contributed by atoms with E-state index >= 15 is 0 Å². The van der Waals surface area contributed by atoms with E-state index in [1.54, 1.807) is 6.92 Å². The summed E-state index contributed by atoms with van der Waals surface area (Å²) in [6, 6.07) is 1.91. The Bertz CT molecular complexity index is 410. The van der Waals surface area contributed by atoms with Gasteiger partial charge in [0.1, 0.15) is 11.3 Å². The van der Waals surface area contributed by atoms with E-state index in [0.29, 0.717) is 5.75 Å². The molecule has 0 aliphatic carbocycles. The van der Waals surface area contributed by atoms with Gasteiger partial charge in [-0.2, -0.15) is 0 Å². The number of methoxy groups -OCH3 is 1. The number of carboxylic acid groups (broad SMARTS) is 1. The molecule has 16 heavy (non-hydrogen) atoms. The highest BCUT2D eigenvalue weighted by molar-refractivity contribution is 5.93. The third-order valence-corrected chi connectivity index (χ3v) is 2.52. The summed E-state index contributed by atoms with van der Waals surface area (Å²) in [4.78, 5) is 11.2. The molecular weight excluding hydrogens is 208 g/mol. The zero-order chi connectivity index (χ0) is 12.3. The molecule has 0 radical (unpaired) electrons. The van der Waals surface area contributed by atoms with E-state index < -0.39 is 5.97 Å². The number of hydrogen-bond acceptors (Lipinski definition) is 3. The predicted molar refractivity (Wildman–Crippen MR) is 60.1 cm³/mol. The first-order chi connectivity index (χ1) is 7.49. The van der Waals surface area contributed by atoms with E-state index in [4.69, 9.17) is 9.47 Å². The second-order valence-electron chi connectivity index (χ2n) is 3.70. The molecule has 0 saturated heterocycles. The summed E-state index contributed by atoms with van der Waals surface area (Å²) in [6.45, 7) is 5.53. The van der Waals surface area contributed by atoms with Crippen molar-refractivity contribution in [3.63, 3.8) is 0 Å². The highest BCUT2D eigenvalue weighted by Crippen LogP contribution is 2.29. The van der Waals surface area contributed by atoms with Gasteiger partial charge < -0.3 is 14.6 Å². The molecule has 4 heteroatoms. The Labute approximate surface area is 94.8 Å². The van der Waals surface area contributed by atoms with Crippen LogP contribution in [-0.2, 0) is 4.74 Å². The average molecular weight is 224 g/mol. The van der Waals surface area contributed by atoms with Crippen LogP contribution in [0, 0.1) is 20.8 Å². The van der Waals surface area contributed by atoms with Crippen LogP contribution >= 0.6 is 0 Å². The standard InChI is InChI=1S/C12H16O4/c1-7-5-8(2)11(16-6-15-4)10(9(7)3)12(13)14/h5H,6H2,1-4H3,(H,13,14). The van der Waals surface area contributed by atoms with Gasteiger partial charge in [-0.05, 0) is 37.5 Å². The fourth-order valence-electron chi connectivity index (χ4n) is 1.62. The van der Waals surface area contributed by atoms with Gasteiger partial charge in [-0.3, -0.25) is 0 Å². The molecule has 1 N–H and O–H groups in total. The summed E-state index contributed by atoms with van der Waals surface area (Å²) in [5, 5.41) is 9.17. The van der Waals surface area contributed by atoms with E-state index in [-0.39, 0.29) is 12.4 Å². The maximum Gasteiger partial charge on any atom is 0.339 e. The van der Waals surface area contributed by atoms with Crippen molar-refractivity contribution in [1.82, 2.24) is 0 Å². The number of hydrogen-bond donors (Lipinski definition) is 1. The SMILES string of the molecule is COCOc1c(C)cc(C)c(C)c1C(=O)O. The fourth-order valence-corrected chi connectivity index (χ4v) is 1.62. The Balaban J connectivity index is 3.32. The molecule has 0 atom stereocenters. The molecule has 0 spiro atoms. The minimum Gasteiger partial charge on any atom is -0.478 e. The van der Waals surface area contributed by atoms with Crippen LogP contribution < -0.4 is 4.74 Å². The molecule has 0 saturated carbocycles. The summed E-state index contributed by atoms with van der Waals surface area (Å²) >= 11 is 0. The number of ether oxygens (including phenoxy) is 2. The van der Waals surface area contributed by atoms with Gasteiger partial charge in [0.15, 0.2) is 6.79 Å². The van der Waals surface area contributed by atoms with Crippen LogP contribution in [0.3, 0.4) is 0 Å². The maximum absolute atomic E-state index is 11.2. The monoisotopic (exact) mass is 224 g/mol. The quantitative estimate of drug-likeness (QED) is 0.797. The third-order valence-electron chi connectivity index (χ3n) is 2.52. The molecule has 0 heterocycles. The Morgan fingerprint density at radius 3 is 2.44 bits per heavy atom. The van der Waals surface area contributed by atoms with Crippen molar-refractivity contribution in [1.29, 1.82) is 0 Å². The summed E-state index contributed by atoms with van der Waals surface area (Å²) < 4.78 is 10.1. The van der Waals surface area contributed by atoms with Crippen molar-refractivity contribution in [2.45, 2.75) is 20.8 Å². The fraction of sp³-hybridized carbons (Fsp3) is 0.417. The lowest BCUT2D eigenvalue weighted by Crippen LogP contribution is -2.10. The van der Waals surface area contributed by atoms with Crippen molar-refractivity contribution >= 4 is 5.97 Å². The largest absolute Gasteiger partial charge is 0.478 e. The smallest absolute Gasteiger partial charge is 0.339 e. The van der Waals surface area contributed by atoms with Gasteiger partial charge >= 0.3 is 5.97 Å². The zero-order valence-electron chi connectivity index (χ0n) is 9.96. The number of rotatable bonds is 4. The lowest BCUT2D eigenvalue weighted by molar-refractivity contribution is 0.0478. The van der Waals surface area contributed by atoms with Crippen LogP contribution in [-0.4, -0.2) is 25.0 Å². The van der Waals surface area contributed by atoms with Gasteiger partial charge in [0.2, 0.25) is 0 Å². The van der Waals surface area contributed by atoms with E-state index in [0.717, 1.165) is 16.7 Å². The third kappa shape index (κ3) is 2.33. The number of aromatic carboxylic acids is 1. The molecule has 1 aromatic rings. The Morgan fingerprint density at radius 2 is 1.94 bits per heavy atom. The highest BCUT2D eigenvalue weighted by Gasteiger charge is 2.18. The van der Waals surface area contributed by atoms with Gasteiger partial charge in [-0.1, -0.05) is 6.07 Å². The Hall–Kier alpha value is -1.55. The topological polar surface area (TPSA) is 55.8 Å². The number of carboxylic acids is 1. The van der Waals surface area contributed by atoms with Crippen LogP contribution in [0.2, 0.25) is 0 Å². The highest BCUT2D eigenvalue weighted by atomic mass is 16.7. The first-order valence-electron chi connectivity index (χ1n) is 4.94. The van der Waals surface area contributed by atoms with Crippen LogP contribution in [0.4, 0.5) is 0 Å². The first-order valence-corrected chi connectivity index (χ1v) is 4.94. The lowest BCUT2D eigenvalue weighted by Gasteiger charge is -2.15. The molecule has 0 fully saturated rings. The number of aryl methyl sites for hydroxylation is 2. The van der Waals surface area contributed by atoms with Crippen molar-refractivity contribution < 1.29 is 19.4 Å². The maximum atomic E-state index is 11.2. The molecule has 0 aromatic heterocycles. The van der Waals surface area contributed by atoms with Crippen molar-refractivity contribution in [2.24, 2.45) is 0 Å². The molecule has 1 rings (SSSR count). The zero-order valence-corrected chi connectivity index (χ0v) is 9.96. The molecule has 0 aliphatic rings. The van der Waals surface area contributed by atoms with Crippen molar-refractivity contribution in [2.75, 3.05) is 13.9 Å². The molecule has 0 bridgehead atoms. The van der Waals surface area contributed by atoms with E-state index in [9.17, 15) is 9.90 Å². The van der Waals surface area contributed by atoms with Gasteiger partial charge in [-0.25, -0.2) is 4.79 Å². The predicted octanol–water partition coefficient (Wildman–Crippen LogP) is 2.29. The molecule has 0 aliphatic heterocycles. The van der Waals surface area contributed by atoms with Crippen molar-refractivity contribution in [3.8, 4) is 5.75 Å². The molecule has 4 nitrogen and oxygen atoms in total. The van der Waals surface area contributed by atoms with E-state index in [1.807, 2.05) is 19.9 Å².